The van der Waals surface area contributed by atoms with Crippen molar-refractivity contribution in [1.82, 2.24) is 0 Å². The van der Waals surface area contributed by atoms with E-state index in [1.165, 1.54) is 21.7 Å². The molecule has 0 unspecified atom stereocenters. The zero-order valence-electron chi connectivity index (χ0n) is 8.62. The molecule has 14 heavy (non-hydrogen) atoms. The molecule has 2 rings (SSSR count). The summed E-state index contributed by atoms with van der Waals surface area (Å²) >= 11 is 0. The summed E-state index contributed by atoms with van der Waals surface area (Å²) in [6.07, 6.45) is 0. The molecular formula is C12H12B2. The molecule has 0 aliphatic carbocycles. The van der Waals surface area contributed by atoms with Crippen molar-refractivity contribution in [3.05, 3.63) is 36.4 Å². The van der Waals surface area contributed by atoms with E-state index in [9.17, 15) is 0 Å². The number of rotatable bonds is 2. The van der Waals surface area contributed by atoms with Gasteiger partial charge in [-0.3, -0.25) is 0 Å². The van der Waals surface area contributed by atoms with Gasteiger partial charge in [-0.25, -0.2) is 0 Å². The fourth-order valence-corrected chi connectivity index (χ4v) is 1.85. The average Bonchev–Trinajstić information content (AvgIpc) is 2.27. The highest BCUT2D eigenvalue weighted by Gasteiger charge is 2.02. The molecule has 0 heterocycles. The van der Waals surface area contributed by atoms with Crippen molar-refractivity contribution in [2.75, 3.05) is 0 Å². The first-order chi connectivity index (χ1) is 6.86. The number of hydrogen-bond acceptors (Lipinski definition) is 0. The highest BCUT2D eigenvalue weighted by Crippen LogP contribution is 2.08. The second-order valence-corrected chi connectivity index (χ2v) is 3.37. The molecule has 0 aliphatic heterocycles. The van der Waals surface area contributed by atoms with E-state index in [1.807, 2.05) is 0 Å². The summed E-state index contributed by atoms with van der Waals surface area (Å²) in [6.45, 7) is 4.16. The van der Waals surface area contributed by atoms with Gasteiger partial charge >= 0.3 is 0 Å². The molecule has 0 aliphatic rings. The van der Waals surface area contributed by atoms with E-state index in [4.69, 9.17) is 0 Å². The van der Waals surface area contributed by atoms with Crippen LogP contribution in [0.15, 0.2) is 36.4 Å². The minimum atomic E-state index is 1.31. The Balaban J connectivity index is 2.78. The summed E-state index contributed by atoms with van der Waals surface area (Å²) in [5.41, 5.74) is 2.62. The summed E-state index contributed by atoms with van der Waals surface area (Å²) in [7, 11) is 4.31. The molecule has 0 bridgehead atoms. The Morgan fingerprint density at radius 2 is 1.14 bits per heavy atom. The van der Waals surface area contributed by atoms with Gasteiger partial charge in [-0.15, -0.1) is 0 Å². The first-order valence-corrected chi connectivity index (χ1v) is 4.97. The van der Waals surface area contributed by atoms with Crippen LogP contribution < -0.4 is 10.9 Å². The van der Waals surface area contributed by atoms with Gasteiger partial charge in [-0.1, -0.05) is 61.0 Å². The van der Waals surface area contributed by atoms with E-state index in [0.717, 1.165) is 0 Å². The Morgan fingerprint density at radius 3 is 1.50 bits per heavy atom. The fourth-order valence-electron chi connectivity index (χ4n) is 1.85. The van der Waals surface area contributed by atoms with Crippen molar-refractivity contribution < 1.29 is 0 Å². The monoisotopic (exact) mass is 178 g/mol. The minimum Gasteiger partial charge on any atom is -0.0872 e. The van der Waals surface area contributed by atoms with Crippen LogP contribution in [0.25, 0.3) is 10.8 Å². The normalized spacial score (nSPS) is 10.1. The Hall–Kier alpha value is -1.17. The number of benzene rings is 2. The van der Waals surface area contributed by atoms with Crippen LogP contribution >= 0.6 is 0 Å². The van der Waals surface area contributed by atoms with Crippen molar-refractivity contribution in [3.8, 4) is 0 Å². The molecule has 0 spiro atoms. The quantitative estimate of drug-likeness (QED) is 0.612. The standard InChI is InChI=1S/C12H12B2/c1-13-11-7-8-12(14-2)10-6-4-3-5-9(10)11/h3-8H,1-2H3. The van der Waals surface area contributed by atoms with Gasteiger partial charge in [0.05, 0.1) is 0 Å². The van der Waals surface area contributed by atoms with Gasteiger partial charge < -0.3 is 0 Å². The minimum absolute atomic E-state index is 1.31. The van der Waals surface area contributed by atoms with E-state index in [-0.39, 0.29) is 0 Å². The summed E-state index contributed by atoms with van der Waals surface area (Å²) < 4.78 is 0. The number of fused-ring (bicyclic) bond motifs is 1. The summed E-state index contributed by atoms with van der Waals surface area (Å²) in [5.74, 6) is 0. The fraction of sp³-hybridized carbons (Fsp3) is 0.167. The van der Waals surface area contributed by atoms with Crippen molar-refractivity contribution in [1.29, 1.82) is 0 Å². The zero-order valence-corrected chi connectivity index (χ0v) is 8.62. The lowest BCUT2D eigenvalue weighted by molar-refractivity contribution is 1.80. The van der Waals surface area contributed by atoms with Gasteiger partial charge in [-0.05, 0) is 10.8 Å². The smallest absolute Gasteiger partial charge is 0.0872 e. The molecular weight excluding hydrogens is 166 g/mol. The van der Waals surface area contributed by atoms with Gasteiger partial charge in [0.25, 0.3) is 0 Å². The van der Waals surface area contributed by atoms with Crippen LogP contribution in [0.4, 0.5) is 0 Å². The van der Waals surface area contributed by atoms with Crippen LogP contribution in [-0.2, 0) is 0 Å². The predicted molar refractivity (Wildman–Crippen MR) is 66.5 cm³/mol. The first kappa shape index (κ1) is 9.39. The maximum Gasteiger partial charge on any atom is 0.149 e. The van der Waals surface area contributed by atoms with E-state index < -0.39 is 0 Å². The molecule has 0 nitrogen and oxygen atoms in total. The lowest BCUT2D eigenvalue weighted by Crippen LogP contribution is -2.19. The Bertz CT molecular complexity index is 407. The van der Waals surface area contributed by atoms with Gasteiger partial charge in [-0.2, -0.15) is 0 Å². The van der Waals surface area contributed by atoms with Gasteiger partial charge in [0.15, 0.2) is 0 Å². The Labute approximate surface area is 86.8 Å². The maximum atomic E-state index is 2.18. The third kappa shape index (κ3) is 1.45. The summed E-state index contributed by atoms with van der Waals surface area (Å²) in [5, 5.41) is 2.68. The Kier molecular flexibility index (Phi) is 2.62. The van der Waals surface area contributed by atoms with Crippen LogP contribution in [0.3, 0.4) is 0 Å². The molecule has 0 atom stereocenters. The molecule has 0 N–H and O–H groups in total. The van der Waals surface area contributed by atoms with Gasteiger partial charge in [0, 0.05) is 0 Å². The molecule has 2 aromatic carbocycles. The number of hydrogen-bond donors (Lipinski definition) is 0. The van der Waals surface area contributed by atoms with E-state index >= 15 is 0 Å². The lowest BCUT2D eigenvalue weighted by Gasteiger charge is -2.07. The van der Waals surface area contributed by atoms with Crippen molar-refractivity contribution >= 4 is 36.3 Å². The Morgan fingerprint density at radius 1 is 0.714 bits per heavy atom. The van der Waals surface area contributed by atoms with Crippen molar-refractivity contribution in [3.63, 3.8) is 0 Å². The zero-order chi connectivity index (χ0) is 9.97. The average molecular weight is 178 g/mol. The van der Waals surface area contributed by atoms with Crippen LogP contribution in [0.2, 0.25) is 13.6 Å². The topological polar surface area (TPSA) is 0 Å². The van der Waals surface area contributed by atoms with Gasteiger partial charge in [0.2, 0.25) is 0 Å². The van der Waals surface area contributed by atoms with Crippen LogP contribution in [0, 0.1) is 0 Å². The van der Waals surface area contributed by atoms with Crippen molar-refractivity contribution in [2.45, 2.75) is 13.6 Å². The van der Waals surface area contributed by atoms with E-state index in [1.54, 1.807) is 0 Å². The summed E-state index contributed by atoms with van der Waals surface area (Å²) in [4.78, 5) is 0. The highest BCUT2D eigenvalue weighted by molar-refractivity contribution is 6.60. The SMILES string of the molecule is C[B]c1ccc([B]C)c2ccccc12. The highest BCUT2D eigenvalue weighted by atomic mass is 14.0. The molecule has 0 amide bonds. The molecule has 0 aromatic heterocycles. The van der Waals surface area contributed by atoms with E-state index in [0.29, 0.717) is 0 Å². The first-order valence-electron chi connectivity index (χ1n) is 4.97. The molecule has 66 valence electrons. The molecule has 2 radical (unpaired) electrons. The maximum absolute atomic E-state index is 2.18. The lowest BCUT2D eigenvalue weighted by atomic mass is 9.66. The third-order valence-electron chi connectivity index (χ3n) is 2.61. The van der Waals surface area contributed by atoms with Gasteiger partial charge in [0.1, 0.15) is 14.6 Å². The summed E-state index contributed by atoms with van der Waals surface area (Å²) in [6, 6.07) is 12.9. The predicted octanol–water partition coefficient (Wildman–Crippen LogP) is 1.59. The second-order valence-electron chi connectivity index (χ2n) is 3.37. The van der Waals surface area contributed by atoms with Crippen molar-refractivity contribution in [2.24, 2.45) is 0 Å². The van der Waals surface area contributed by atoms with E-state index in [2.05, 4.69) is 64.6 Å². The molecule has 0 saturated carbocycles. The van der Waals surface area contributed by atoms with Crippen LogP contribution in [-0.4, -0.2) is 14.6 Å². The molecule has 0 saturated heterocycles. The second kappa shape index (κ2) is 3.91. The molecule has 0 fully saturated rings. The molecule has 2 aromatic rings. The van der Waals surface area contributed by atoms with Crippen LogP contribution in [0.5, 0.6) is 0 Å². The largest absolute Gasteiger partial charge is 0.149 e. The van der Waals surface area contributed by atoms with Crippen LogP contribution in [0.1, 0.15) is 0 Å². The molecule has 2 heteroatoms. The third-order valence-corrected chi connectivity index (χ3v) is 2.61.